The van der Waals surface area contributed by atoms with E-state index in [9.17, 15) is 26.0 Å². The first-order valence-electron chi connectivity index (χ1n) is 11.0. The number of rotatable bonds is 7. The number of hydrogen-bond acceptors (Lipinski definition) is 5. The van der Waals surface area contributed by atoms with Crippen LogP contribution in [0.2, 0.25) is 0 Å². The quantitative estimate of drug-likeness (QED) is 0.460. The van der Waals surface area contributed by atoms with Crippen LogP contribution in [0.1, 0.15) is 37.5 Å². The topological polar surface area (TPSA) is 86.1 Å². The van der Waals surface area contributed by atoms with E-state index in [2.05, 4.69) is 19.7 Å². The smallest absolute Gasteiger partial charge is 0.422 e. The van der Waals surface area contributed by atoms with Gasteiger partial charge < -0.3 is 9.30 Å². The van der Waals surface area contributed by atoms with Gasteiger partial charge >= 0.3 is 6.18 Å². The van der Waals surface area contributed by atoms with Crippen molar-refractivity contribution in [3.63, 3.8) is 0 Å². The Morgan fingerprint density at radius 3 is 2.51 bits per heavy atom. The molecule has 0 aliphatic heterocycles. The van der Waals surface area contributed by atoms with Crippen LogP contribution in [0.15, 0.2) is 53.7 Å². The predicted octanol–water partition coefficient (Wildman–Crippen LogP) is 4.80. The van der Waals surface area contributed by atoms with Crippen LogP contribution in [0.5, 0.6) is 5.75 Å². The average molecular weight is 513 g/mol. The Bertz CT molecular complexity index is 1280. The highest BCUT2D eigenvalue weighted by atomic mass is 32.2. The molecule has 12 heteroatoms. The van der Waals surface area contributed by atoms with E-state index in [4.69, 9.17) is 0 Å². The third-order valence-corrected chi connectivity index (χ3v) is 7.45. The summed E-state index contributed by atoms with van der Waals surface area (Å²) in [5.41, 5.74) is 0.491. The van der Waals surface area contributed by atoms with Crippen molar-refractivity contribution in [2.75, 3.05) is 6.61 Å². The summed E-state index contributed by atoms with van der Waals surface area (Å²) >= 11 is 0. The molecule has 1 aliphatic carbocycles. The number of benzene rings is 2. The van der Waals surface area contributed by atoms with E-state index in [-0.39, 0.29) is 28.3 Å². The molecule has 0 saturated heterocycles. The van der Waals surface area contributed by atoms with E-state index in [0.717, 1.165) is 24.7 Å². The van der Waals surface area contributed by atoms with Gasteiger partial charge in [0.25, 0.3) is 0 Å². The third-order valence-electron chi connectivity index (χ3n) is 5.93. The van der Waals surface area contributed by atoms with Crippen LogP contribution in [0.25, 0.3) is 11.1 Å². The summed E-state index contributed by atoms with van der Waals surface area (Å²) in [6.45, 7) is 0.412. The molecule has 1 saturated carbocycles. The largest absolute Gasteiger partial charge is 0.484 e. The number of alkyl halides is 3. The van der Waals surface area contributed by atoms with E-state index in [0.29, 0.717) is 18.4 Å². The molecular formula is C23H24F4N4O3S. The lowest BCUT2D eigenvalue weighted by Crippen LogP contribution is -2.39. The zero-order valence-corrected chi connectivity index (χ0v) is 19.6. The maximum absolute atomic E-state index is 14.9. The molecule has 1 aromatic heterocycles. The molecule has 0 unspecified atom stereocenters. The molecule has 0 radical (unpaired) electrons. The fraction of sp³-hybridized carbons (Fsp3) is 0.391. The van der Waals surface area contributed by atoms with Gasteiger partial charge in [0, 0.05) is 17.6 Å². The molecule has 3 aromatic rings. The van der Waals surface area contributed by atoms with Gasteiger partial charge in [-0.25, -0.2) is 17.5 Å². The lowest BCUT2D eigenvalue weighted by atomic mass is 9.91. The van der Waals surface area contributed by atoms with Crippen molar-refractivity contribution in [2.45, 2.75) is 55.8 Å². The minimum atomic E-state index is -4.46. The fourth-order valence-corrected chi connectivity index (χ4v) is 5.56. The first kappa shape index (κ1) is 25.1. The average Bonchev–Trinajstić information content (AvgIpc) is 3.23. The van der Waals surface area contributed by atoms with Crippen LogP contribution in [-0.4, -0.2) is 42.0 Å². The lowest BCUT2D eigenvalue weighted by molar-refractivity contribution is -0.153. The molecule has 1 aliphatic rings. The van der Waals surface area contributed by atoms with Gasteiger partial charge in [0.05, 0.1) is 4.90 Å². The van der Waals surface area contributed by atoms with Gasteiger partial charge in [-0.05, 0) is 62.4 Å². The Kier molecular flexibility index (Phi) is 7.13. The Labute approximate surface area is 200 Å². The van der Waals surface area contributed by atoms with Crippen LogP contribution >= 0.6 is 0 Å². The lowest BCUT2D eigenvalue weighted by Gasteiger charge is -2.30. The Hall–Kier alpha value is -2.99. The van der Waals surface area contributed by atoms with E-state index >= 15 is 0 Å². The molecule has 0 spiro atoms. The summed E-state index contributed by atoms with van der Waals surface area (Å²) in [6.07, 6.45) is 0.127. The number of aromatic nitrogens is 3. The second-order valence-electron chi connectivity index (χ2n) is 8.49. The summed E-state index contributed by atoms with van der Waals surface area (Å²) in [6, 6.07) is 8.75. The third kappa shape index (κ3) is 6.17. The standard InChI is InChI=1S/C23H24F4N4O3S/c1-15-29-28-14-31(15)18-4-2-3-17(11-18)30-35(32,33)20-9-10-21(22(24)12-20)16-5-7-19(8-6-16)34-13-23(25,26)27/h5-10,12,14,17-18,30H,2-4,11,13H2,1H3/t17-,18+/m0/s1. The van der Waals surface area contributed by atoms with Gasteiger partial charge in [0.15, 0.2) is 6.61 Å². The van der Waals surface area contributed by atoms with Crippen LogP contribution in [-0.2, 0) is 10.0 Å². The van der Waals surface area contributed by atoms with Gasteiger partial charge in [-0.3, -0.25) is 0 Å². The maximum Gasteiger partial charge on any atom is 0.422 e. The first-order valence-corrected chi connectivity index (χ1v) is 12.5. The molecule has 4 rings (SSSR count). The summed E-state index contributed by atoms with van der Waals surface area (Å²) in [4.78, 5) is -0.202. The number of aryl methyl sites for hydroxylation is 1. The van der Waals surface area contributed by atoms with E-state index < -0.39 is 28.6 Å². The molecule has 188 valence electrons. The van der Waals surface area contributed by atoms with E-state index in [1.165, 1.54) is 36.4 Å². The van der Waals surface area contributed by atoms with Crippen molar-refractivity contribution in [1.82, 2.24) is 19.5 Å². The van der Waals surface area contributed by atoms with Crippen LogP contribution in [0.3, 0.4) is 0 Å². The zero-order chi connectivity index (χ0) is 25.2. The van der Waals surface area contributed by atoms with Crippen molar-refractivity contribution in [3.05, 3.63) is 60.4 Å². The molecule has 2 atom stereocenters. The predicted molar refractivity (Wildman–Crippen MR) is 120 cm³/mol. The van der Waals surface area contributed by atoms with Gasteiger partial charge in [-0.15, -0.1) is 10.2 Å². The number of ether oxygens (including phenoxy) is 1. The SMILES string of the molecule is Cc1nncn1[C@@H]1CCC[C@H](NS(=O)(=O)c2ccc(-c3ccc(OCC(F)(F)F)cc3)c(F)c2)C1. The molecular weight excluding hydrogens is 488 g/mol. The highest BCUT2D eigenvalue weighted by Gasteiger charge is 2.29. The minimum Gasteiger partial charge on any atom is -0.484 e. The molecule has 35 heavy (non-hydrogen) atoms. The van der Waals surface area contributed by atoms with Crippen molar-refractivity contribution in [1.29, 1.82) is 0 Å². The summed E-state index contributed by atoms with van der Waals surface area (Å²) in [5, 5.41) is 7.88. The monoisotopic (exact) mass is 512 g/mol. The Morgan fingerprint density at radius 2 is 1.89 bits per heavy atom. The second kappa shape index (κ2) is 9.94. The summed E-state index contributed by atoms with van der Waals surface area (Å²) < 4.78 is 86.9. The molecule has 1 fully saturated rings. The Balaban J connectivity index is 1.45. The highest BCUT2D eigenvalue weighted by Crippen LogP contribution is 2.31. The number of hydrogen-bond donors (Lipinski definition) is 1. The summed E-state index contributed by atoms with van der Waals surface area (Å²) in [7, 11) is -3.97. The van der Waals surface area contributed by atoms with Gasteiger partial charge in [0.2, 0.25) is 10.0 Å². The molecule has 1 N–H and O–H groups in total. The van der Waals surface area contributed by atoms with Crippen molar-refractivity contribution < 1.29 is 30.7 Å². The minimum absolute atomic E-state index is 0.0117. The number of nitrogens with one attached hydrogen (secondary N) is 1. The number of nitrogens with zero attached hydrogens (tertiary/aromatic N) is 3. The van der Waals surface area contributed by atoms with E-state index in [1.54, 1.807) is 6.33 Å². The van der Waals surface area contributed by atoms with Crippen molar-refractivity contribution >= 4 is 10.0 Å². The maximum atomic E-state index is 14.9. The van der Waals surface area contributed by atoms with Crippen LogP contribution in [0.4, 0.5) is 17.6 Å². The molecule has 0 bridgehead atoms. The van der Waals surface area contributed by atoms with Crippen molar-refractivity contribution in [3.8, 4) is 16.9 Å². The molecule has 7 nitrogen and oxygen atoms in total. The number of sulfonamides is 1. The second-order valence-corrected chi connectivity index (χ2v) is 10.2. The van der Waals surface area contributed by atoms with Gasteiger partial charge in [-0.1, -0.05) is 18.2 Å². The van der Waals surface area contributed by atoms with Crippen molar-refractivity contribution in [2.24, 2.45) is 0 Å². The van der Waals surface area contributed by atoms with E-state index in [1.807, 2.05) is 11.5 Å². The van der Waals surface area contributed by atoms with Gasteiger partial charge in [-0.2, -0.15) is 13.2 Å². The first-order chi connectivity index (χ1) is 16.5. The normalized spacial score (nSPS) is 19.0. The highest BCUT2D eigenvalue weighted by molar-refractivity contribution is 7.89. The van der Waals surface area contributed by atoms with Gasteiger partial charge in [0.1, 0.15) is 23.7 Å². The molecule has 2 aromatic carbocycles. The van der Waals surface area contributed by atoms with Crippen LogP contribution < -0.4 is 9.46 Å². The Morgan fingerprint density at radius 1 is 1.14 bits per heavy atom. The molecule has 1 heterocycles. The molecule has 0 amide bonds. The fourth-order valence-electron chi connectivity index (χ4n) is 4.26. The zero-order valence-electron chi connectivity index (χ0n) is 18.8. The number of halogens is 4. The van der Waals surface area contributed by atoms with Crippen LogP contribution in [0, 0.1) is 12.7 Å². The summed E-state index contributed by atoms with van der Waals surface area (Å²) in [5.74, 6) is -0.0167.